The van der Waals surface area contributed by atoms with Crippen molar-refractivity contribution in [3.8, 4) is 0 Å². The molecule has 37 heavy (non-hydrogen) atoms. The molecule has 210 valence electrons. The van der Waals surface area contributed by atoms with Crippen LogP contribution in [0.15, 0.2) is 60.5 Å². The Morgan fingerprint density at radius 3 is 2.76 bits per heavy atom. The van der Waals surface area contributed by atoms with Gasteiger partial charge in [0.1, 0.15) is 0 Å². The Morgan fingerprint density at radius 2 is 2.05 bits per heavy atom. The lowest BCUT2D eigenvalue weighted by Crippen LogP contribution is -2.50. The van der Waals surface area contributed by atoms with Gasteiger partial charge in [0.25, 0.3) is 0 Å². The maximum Gasteiger partial charge on any atom is 0.0540 e. The van der Waals surface area contributed by atoms with Crippen LogP contribution in [0, 0.1) is 5.41 Å². The maximum absolute atomic E-state index is 10.4. The fourth-order valence-electron chi connectivity index (χ4n) is 5.85. The first kappa shape index (κ1) is 31.6. The Kier molecular flexibility index (Phi) is 14.5. The van der Waals surface area contributed by atoms with E-state index in [2.05, 4.69) is 66.8 Å². The molecule has 1 fully saturated rings. The van der Waals surface area contributed by atoms with Crippen LogP contribution in [0.5, 0.6) is 0 Å². The van der Waals surface area contributed by atoms with E-state index in [-0.39, 0.29) is 30.2 Å². The van der Waals surface area contributed by atoms with E-state index in [1.165, 1.54) is 11.3 Å². The SMILES string of the molecule is C=CN(CCNC)C1=CC=C(C(NC(CCCO)C(=C)/C=C\CCC)C2(C)CCCC(O)CC2)CCC1. The van der Waals surface area contributed by atoms with E-state index in [0.717, 1.165) is 95.7 Å². The number of unbranched alkanes of at least 4 members (excludes halogenated alkanes) is 1. The van der Waals surface area contributed by atoms with Crippen molar-refractivity contribution in [1.82, 2.24) is 15.5 Å². The summed E-state index contributed by atoms with van der Waals surface area (Å²) < 4.78 is 0. The molecule has 0 saturated heterocycles. The van der Waals surface area contributed by atoms with Gasteiger partial charge in [0, 0.05) is 37.5 Å². The summed E-state index contributed by atoms with van der Waals surface area (Å²) in [6.07, 6.45) is 22.7. The summed E-state index contributed by atoms with van der Waals surface area (Å²) in [6, 6.07) is 0.311. The molecule has 2 aliphatic carbocycles. The highest BCUT2D eigenvalue weighted by Gasteiger charge is 2.39. The van der Waals surface area contributed by atoms with E-state index in [1.54, 1.807) is 0 Å². The van der Waals surface area contributed by atoms with Gasteiger partial charge in [-0.1, -0.05) is 63.6 Å². The summed E-state index contributed by atoms with van der Waals surface area (Å²) >= 11 is 0. The van der Waals surface area contributed by atoms with E-state index >= 15 is 0 Å². The average Bonchev–Trinajstić information content (AvgIpc) is 3.23. The van der Waals surface area contributed by atoms with Crippen molar-refractivity contribution in [2.45, 2.75) is 109 Å². The van der Waals surface area contributed by atoms with Crippen molar-refractivity contribution in [3.05, 3.63) is 60.5 Å². The predicted octanol–water partition coefficient (Wildman–Crippen LogP) is 5.99. The highest BCUT2D eigenvalue weighted by molar-refractivity contribution is 5.29. The molecule has 0 aromatic heterocycles. The molecule has 0 amide bonds. The van der Waals surface area contributed by atoms with Gasteiger partial charge in [0.2, 0.25) is 0 Å². The van der Waals surface area contributed by atoms with E-state index in [1.807, 2.05) is 13.2 Å². The lowest BCUT2D eigenvalue weighted by molar-refractivity contribution is 0.142. The van der Waals surface area contributed by atoms with E-state index in [0.29, 0.717) is 0 Å². The highest BCUT2D eigenvalue weighted by atomic mass is 16.3. The first-order valence-corrected chi connectivity index (χ1v) is 14.7. The average molecular weight is 514 g/mol. The molecule has 0 aliphatic heterocycles. The number of hydrogen-bond donors (Lipinski definition) is 4. The largest absolute Gasteiger partial charge is 0.396 e. The van der Waals surface area contributed by atoms with Crippen molar-refractivity contribution in [1.29, 1.82) is 0 Å². The van der Waals surface area contributed by atoms with Crippen molar-refractivity contribution in [2.75, 3.05) is 26.7 Å². The number of nitrogens with zero attached hydrogens (tertiary/aromatic N) is 1. The molecule has 2 rings (SSSR count). The van der Waals surface area contributed by atoms with Crippen LogP contribution in [-0.2, 0) is 0 Å². The maximum atomic E-state index is 10.4. The first-order chi connectivity index (χ1) is 17.9. The minimum atomic E-state index is -0.192. The highest BCUT2D eigenvalue weighted by Crippen LogP contribution is 2.42. The van der Waals surface area contributed by atoms with Crippen molar-refractivity contribution >= 4 is 0 Å². The predicted molar refractivity (Wildman–Crippen MR) is 158 cm³/mol. The molecule has 4 N–H and O–H groups in total. The van der Waals surface area contributed by atoms with Gasteiger partial charge >= 0.3 is 0 Å². The van der Waals surface area contributed by atoms with E-state index in [9.17, 15) is 10.2 Å². The lowest BCUT2D eigenvalue weighted by Gasteiger charge is -2.42. The Bertz CT molecular complexity index is 787. The van der Waals surface area contributed by atoms with Crippen LogP contribution >= 0.6 is 0 Å². The monoisotopic (exact) mass is 513 g/mol. The van der Waals surface area contributed by atoms with Crippen molar-refractivity contribution in [2.24, 2.45) is 5.41 Å². The second-order valence-electron chi connectivity index (χ2n) is 11.3. The van der Waals surface area contributed by atoms with Crippen LogP contribution in [0.25, 0.3) is 0 Å². The van der Waals surface area contributed by atoms with Gasteiger partial charge in [-0.25, -0.2) is 0 Å². The molecular formula is C32H55N3O2. The summed E-state index contributed by atoms with van der Waals surface area (Å²) in [4.78, 5) is 2.27. The zero-order valence-corrected chi connectivity index (χ0v) is 24.0. The van der Waals surface area contributed by atoms with Gasteiger partial charge in [-0.2, -0.15) is 0 Å². The van der Waals surface area contributed by atoms with Gasteiger partial charge in [0.15, 0.2) is 0 Å². The van der Waals surface area contributed by atoms with Gasteiger partial charge in [-0.05, 0) is 94.5 Å². The molecule has 0 heterocycles. The molecule has 0 radical (unpaired) electrons. The van der Waals surface area contributed by atoms with Gasteiger partial charge < -0.3 is 25.7 Å². The Morgan fingerprint density at radius 1 is 1.24 bits per heavy atom. The third kappa shape index (κ3) is 10.2. The third-order valence-electron chi connectivity index (χ3n) is 8.24. The van der Waals surface area contributed by atoms with Crippen molar-refractivity contribution in [3.63, 3.8) is 0 Å². The smallest absolute Gasteiger partial charge is 0.0540 e. The number of aliphatic hydroxyl groups excluding tert-OH is 2. The summed E-state index contributed by atoms with van der Waals surface area (Å²) in [5, 5.41) is 27.4. The lowest BCUT2D eigenvalue weighted by atomic mass is 9.71. The topological polar surface area (TPSA) is 67.8 Å². The summed E-state index contributed by atoms with van der Waals surface area (Å²) in [5.41, 5.74) is 3.92. The number of rotatable bonds is 16. The van der Waals surface area contributed by atoms with Crippen LogP contribution < -0.4 is 10.6 Å². The molecular weight excluding hydrogens is 458 g/mol. The third-order valence-corrected chi connectivity index (χ3v) is 8.24. The first-order valence-electron chi connectivity index (χ1n) is 14.7. The van der Waals surface area contributed by atoms with Crippen LogP contribution in [0.1, 0.15) is 90.9 Å². The fourth-order valence-corrected chi connectivity index (χ4v) is 5.85. The summed E-state index contributed by atoms with van der Waals surface area (Å²) in [7, 11) is 1.99. The number of allylic oxidation sites excluding steroid dienone is 4. The second kappa shape index (κ2) is 17.0. The molecule has 0 aromatic rings. The van der Waals surface area contributed by atoms with Gasteiger partial charge in [-0.15, -0.1) is 0 Å². The van der Waals surface area contributed by atoms with Crippen molar-refractivity contribution < 1.29 is 10.2 Å². The number of nitrogens with one attached hydrogen (secondary N) is 2. The molecule has 0 spiro atoms. The molecule has 5 nitrogen and oxygen atoms in total. The van der Waals surface area contributed by atoms with Gasteiger partial charge in [-0.3, -0.25) is 0 Å². The van der Waals surface area contributed by atoms with E-state index < -0.39 is 0 Å². The molecule has 0 bridgehead atoms. The molecule has 0 aromatic carbocycles. The Balaban J connectivity index is 2.41. The van der Waals surface area contributed by atoms with E-state index in [4.69, 9.17) is 0 Å². The summed E-state index contributed by atoms with van der Waals surface area (Å²) in [5.74, 6) is 0. The molecule has 2 aliphatic rings. The number of hydrogen-bond acceptors (Lipinski definition) is 5. The van der Waals surface area contributed by atoms with Crippen LogP contribution in [0.2, 0.25) is 0 Å². The zero-order valence-electron chi connectivity index (χ0n) is 24.0. The minimum absolute atomic E-state index is 0.0524. The Labute approximate surface area is 227 Å². The zero-order chi connectivity index (χ0) is 27.1. The van der Waals surface area contributed by atoms with Crippen LogP contribution in [0.3, 0.4) is 0 Å². The molecule has 5 heteroatoms. The fraction of sp³-hybridized carbons (Fsp3) is 0.688. The standard InChI is InChI=1S/C32H55N3O2/c1-6-8-9-13-26(3)30(17-12-25-36)34-31(32(4)21-11-16-29(37)20-22-32)27-14-10-15-28(19-18-27)35(7-2)24-23-33-5/h7,9,13,18-19,29-31,33-34,36-37H,2-3,6,8,10-12,14-17,20-25H2,1,4-5H3/b13-9-. The summed E-state index contributed by atoms with van der Waals surface area (Å²) in [6.45, 7) is 15.1. The number of likely N-dealkylation sites (N-methyl/N-ethyl adjacent to an activating group) is 1. The molecule has 4 unspecified atom stereocenters. The molecule has 1 saturated carbocycles. The Hall–Kier alpha value is -1.66. The van der Waals surface area contributed by atoms with Gasteiger partial charge in [0.05, 0.1) is 6.10 Å². The van der Waals surface area contributed by atoms with Crippen LogP contribution in [-0.4, -0.2) is 60.0 Å². The minimum Gasteiger partial charge on any atom is -0.396 e. The van der Waals surface area contributed by atoms with Crippen LogP contribution in [0.4, 0.5) is 0 Å². The second-order valence-corrected chi connectivity index (χ2v) is 11.3. The number of aliphatic hydroxyl groups is 2. The molecule has 4 atom stereocenters. The normalized spacial score (nSPS) is 24.5. The quantitative estimate of drug-likeness (QED) is 0.151.